The van der Waals surface area contributed by atoms with Crippen molar-refractivity contribution in [1.29, 1.82) is 0 Å². The first-order valence-corrected chi connectivity index (χ1v) is 7.50. The zero-order valence-electron chi connectivity index (χ0n) is 12.8. The van der Waals surface area contributed by atoms with Gasteiger partial charge in [-0.05, 0) is 29.0 Å². The number of nitrogens with one attached hydrogen (secondary N) is 1. The van der Waals surface area contributed by atoms with Gasteiger partial charge in [-0.2, -0.15) is 0 Å². The Morgan fingerprint density at radius 1 is 1.26 bits per heavy atom. The van der Waals surface area contributed by atoms with Gasteiger partial charge in [0.15, 0.2) is 0 Å². The van der Waals surface area contributed by atoms with Crippen molar-refractivity contribution in [3.8, 4) is 5.75 Å². The summed E-state index contributed by atoms with van der Waals surface area (Å²) in [6.07, 6.45) is 2.30. The largest absolute Gasteiger partial charge is 0.493 e. The van der Waals surface area contributed by atoms with Gasteiger partial charge in [-0.25, -0.2) is 0 Å². The fourth-order valence-electron chi connectivity index (χ4n) is 2.38. The lowest BCUT2D eigenvalue weighted by atomic mass is 9.84. The van der Waals surface area contributed by atoms with Crippen LogP contribution < -0.4 is 10.1 Å². The van der Waals surface area contributed by atoms with Crippen LogP contribution in [-0.4, -0.2) is 19.7 Å². The Balaban J connectivity index is 2.21. The predicted octanol–water partition coefficient (Wildman–Crippen LogP) is 3.85. The molecule has 0 atom stereocenters. The second-order valence-electron chi connectivity index (χ2n) is 6.56. The van der Waals surface area contributed by atoms with Gasteiger partial charge < -0.3 is 10.1 Å². The van der Waals surface area contributed by atoms with E-state index in [1.54, 1.807) is 0 Å². The molecular weight excluding hydrogens is 234 g/mol. The summed E-state index contributed by atoms with van der Waals surface area (Å²) in [6, 6.07) is 6.80. The molecule has 0 aromatic heterocycles. The Morgan fingerprint density at radius 2 is 2.00 bits per heavy atom. The first-order chi connectivity index (χ1) is 9.02. The van der Waals surface area contributed by atoms with Crippen LogP contribution in [0.2, 0.25) is 0 Å². The number of rotatable bonds is 5. The first kappa shape index (κ1) is 14.4. The molecular formula is C17H27NO. The molecule has 1 saturated heterocycles. The second kappa shape index (κ2) is 5.96. The third-order valence-corrected chi connectivity index (χ3v) is 3.82. The third kappa shape index (κ3) is 3.50. The molecule has 19 heavy (non-hydrogen) atoms. The fraction of sp³-hybridized carbons (Fsp3) is 0.647. The van der Waals surface area contributed by atoms with E-state index in [4.69, 9.17) is 4.74 Å². The third-order valence-electron chi connectivity index (χ3n) is 3.82. The van der Waals surface area contributed by atoms with Crippen molar-refractivity contribution in [2.75, 3.05) is 19.7 Å². The van der Waals surface area contributed by atoms with Crippen LogP contribution in [0.1, 0.15) is 57.6 Å². The topological polar surface area (TPSA) is 21.3 Å². The van der Waals surface area contributed by atoms with Gasteiger partial charge in [0.1, 0.15) is 5.75 Å². The maximum Gasteiger partial charge on any atom is 0.123 e. The van der Waals surface area contributed by atoms with Gasteiger partial charge in [0.2, 0.25) is 0 Å². The summed E-state index contributed by atoms with van der Waals surface area (Å²) in [5.41, 5.74) is 2.87. The average Bonchev–Trinajstić information content (AvgIpc) is 2.26. The zero-order valence-corrected chi connectivity index (χ0v) is 12.8. The molecule has 0 spiro atoms. The Morgan fingerprint density at radius 3 is 2.53 bits per heavy atom. The summed E-state index contributed by atoms with van der Waals surface area (Å²) in [7, 11) is 0. The number of ether oxygens (including phenoxy) is 1. The zero-order chi connectivity index (χ0) is 13.9. The standard InChI is InChI=1S/C17H27NO/c1-5-6-9-19-16-10-13(14-11-18-12-14)7-8-15(16)17(2,3)4/h7-8,10,14,18H,5-6,9,11-12H2,1-4H3. The maximum atomic E-state index is 6.04. The number of benzene rings is 1. The van der Waals surface area contributed by atoms with Crippen molar-refractivity contribution >= 4 is 0 Å². The van der Waals surface area contributed by atoms with E-state index in [2.05, 4.69) is 51.2 Å². The predicted molar refractivity (Wildman–Crippen MR) is 81.2 cm³/mol. The minimum atomic E-state index is 0.137. The first-order valence-electron chi connectivity index (χ1n) is 7.50. The van der Waals surface area contributed by atoms with E-state index in [-0.39, 0.29) is 5.41 Å². The van der Waals surface area contributed by atoms with Crippen LogP contribution in [-0.2, 0) is 5.41 Å². The fourth-order valence-corrected chi connectivity index (χ4v) is 2.38. The molecule has 2 rings (SSSR count). The highest BCUT2D eigenvalue weighted by molar-refractivity contribution is 5.43. The Bertz CT molecular complexity index is 416. The smallest absolute Gasteiger partial charge is 0.123 e. The highest BCUT2D eigenvalue weighted by atomic mass is 16.5. The summed E-state index contributed by atoms with van der Waals surface area (Å²) in [6.45, 7) is 12.0. The highest BCUT2D eigenvalue weighted by Gasteiger charge is 2.23. The van der Waals surface area contributed by atoms with Crippen LogP contribution in [0.4, 0.5) is 0 Å². The highest BCUT2D eigenvalue weighted by Crippen LogP contribution is 2.34. The Hall–Kier alpha value is -1.02. The van der Waals surface area contributed by atoms with Crippen molar-refractivity contribution in [3.63, 3.8) is 0 Å². The number of unbranched alkanes of at least 4 members (excludes halogenated alkanes) is 1. The maximum absolute atomic E-state index is 6.04. The van der Waals surface area contributed by atoms with Crippen molar-refractivity contribution in [2.24, 2.45) is 0 Å². The number of hydrogen-bond donors (Lipinski definition) is 1. The SMILES string of the molecule is CCCCOc1cc(C2CNC2)ccc1C(C)(C)C. The van der Waals surface area contributed by atoms with E-state index >= 15 is 0 Å². The molecule has 106 valence electrons. The van der Waals surface area contributed by atoms with Gasteiger partial charge in [-0.3, -0.25) is 0 Å². The van der Waals surface area contributed by atoms with E-state index in [0.717, 1.165) is 31.9 Å². The minimum absolute atomic E-state index is 0.137. The summed E-state index contributed by atoms with van der Waals surface area (Å²) in [4.78, 5) is 0. The van der Waals surface area contributed by atoms with Crippen LogP contribution in [0.3, 0.4) is 0 Å². The molecule has 0 bridgehead atoms. The monoisotopic (exact) mass is 261 g/mol. The van der Waals surface area contributed by atoms with Crippen LogP contribution in [0, 0.1) is 0 Å². The molecule has 1 aliphatic heterocycles. The molecule has 2 nitrogen and oxygen atoms in total. The Labute approximate surface area is 117 Å². The lowest BCUT2D eigenvalue weighted by molar-refractivity contribution is 0.300. The molecule has 0 radical (unpaired) electrons. The number of hydrogen-bond acceptors (Lipinski definition) is 2. The summed E-state index contributed by atoms with van der Waals surface area (Å²) in [5, 5.41) is 3.34. The van der Waals surface area contributed by atoms with E-state index in [1.807, 2.05) is 0 Å². The molecule has 0 amide bonds. The molecule has 0 unspecified atom stereocenters. The molecule has 1 fully saturated rings. The lowest BCUT2D eigenvalue weighted by Crippen LogP contribution is -2.39. The lowest BCUT2D eigenvalue weighted by Gasteiger charge is -2.30. The molecule has 1 aromatic carbocycles. The van der Waals surface area contributed by atoms with Crippen LogP contribution >= 0.6 is 0 Å². The van der Waals surface area contributed by atoms with E-state index in [1.165, 1.54) is 17.5 Å². The van der Waals surface area contributed by atoms with Gasteiger partial charge in [0.05, 0.1) is 6.61 Å². The van der Waals surface area contributed by atoms with Gasteiger partial charge in [-0.15, -0.1) is 0 Å². The van der Waals surface area contributed by atoms with Gasteiger partial charge in [-0.1, -0.05) is 46.2 Å². The van der Waals surface area contributed by atoms with Crippen molar-refractivity contribution in [3.05, 3.63) is 29.3 Å². The van der Waals surface area contributed by atoms with Crippen LogP contribution in [0.15, 0.2) is 18.2 Å². The molecule has 0 aliphatic carbocycles. The minimum Gasteiger partial charge on any atom is -0.493 e. The molecule has 2 heteroatoms. The molecule has 1 aromatic rings. The van der Waals surface area contributed by atoms with E-state index in [9.17, 15) is 0 Å². The van der Waals surface area contributed by atoms with Gasteiger partial charge >= 0.3 is 0 Å². The summed E-state index contributed by atoms with van der Waals surface area (Å²) < 4.78 is 6.04. The molecule has 1 N–H and O–H groups in total. The van der Waals surface area contributed by atoms with E-state index < -0.39 is 0 Å². The van der Waals surface area contributed by atoms with Crippen LogP contribution in [0.5, 0.6) is 5.75 Å². The van der Waals surface area contributed by atoms with Gasteiger partial charge in [0, 0.05) is 19.0 Å². The molecule has 0 saturated carbocycles. The van der Waals surface area contributed by atoms with E-state index in [0.29, 0.717) is 5.92 Å². The summed E-state index contributed by atoms with van der Waals surface area (Å²) in [5.74, 6) is 1.76. The van der Waals surface area contributed by atoms with Crippen molar-refractivity contribution < 1.29 is 4.74 Å². The molecule has 1 aliphatic rings. The second-order valence-corrected chi connectivity index (χ2v) is 6.56. The van der Waals surface area contributed by atoms with Crippen molar-refractivity contribution in [2.45, 2.75) is 51.9 Å². The average molecular weight is 261 g/mol. The van der Waals surface area contributed by atoms with Gasteiger partial charge in [0.25, 0.3) is 0 Å². The summed E-state index contributed by atoms with van der Waals surface area (Å²) >= 11 is 0. The normalized spacial score (nSPS) is 16.2. The van der Waals surface area contributed by atoms with Crippen LogP contribution in [0.25, 0.3) is 0 Å². The molecule has 1 heterocycles. The Kier molecular flexibility index (Phi) is 4.51. The van der Waals surface area contributed by atoms with Crippen molar-refractivity contribution in [1.82, 2.24) is 5.32 Å². The quantitative estimate of drug-likeness (QED) is 0.813.